The zero-order valence-electron chi connectivity index (χ0n) is 10.1. The summed E-state index contributed by atoms with van der Waals surface area (Å²) in [5.74, 6) is -1.05. The van der Waals surface area contributed by atoms with Crippen molar-refractivity contribution in [2.75, 3.05) is 0 Å². The molecule has 0 spiro atoms. The van der Waals surface area contributed by atoms with Crippen molar-refractivity contribution < 1.29 is 14.7 Å². The third-order valence-corrected chi connectivity index (χ3v) is 3.29. The molecule has 0 aliphatic carbocycles. The van der Waals surface area contributed by atoms with E-state index in [0.717, 1.165) is 0 Å². The first-order valence-corrected chi connectivity index (χ1v) is 6.14. The van der Waals surface area contributed by atoms with E-state index in [-0.39, 0.29) is 12.3 Å². The molecular formula is C11H16N2O3S. The zero-order chi connectivity index (χ0) is 13.1. The lowest BCUT2D eigenvalue weighted by molar-refractivity contribution is -0.137. The number of nitrogens with one attached hydrogen (secondary N) is 1. The third kappa shape index (κ3) is 4.14. The van der Waals surface area contributed by atoms with E-state index in [2.05, 4.69) is 10.3 Å². The van der Waals surface area contributed by atoms with Crippen LogP contribution in [0, 0.1) is 6.92 Å². The van der Waals surface area contributed by atoms with Crippen molar-refractivity contribution in [3.8, 4) is 0 Å². The van der Waals surface area contributed by atoms with Gasteiger partial charge in [-0.1, -0.05) is 0 Å². The maximum Gasteiger partial charge on any atom is 0.303 e. The minimum absolute atomic E-state index is 0.0367. The Morgan fingerprint density at radius 1 is 1.53 bits per heavy atom. The molecular weight excluding hydrogens is 240 g/mol. The van der Waals surface area contributed by atoms with E-state index >= 15 is 0 Å². The normalized spacial score (nSPS) is 11.2. The number of carboxylic acids is 1. The number of aromatic nitrogens is 1. The summed E-state index contributed by atoms with van der Waals surface area (Å²) in [5, 5.41) is 11.4. The number of aliphatic carboxylic acids is 1. The maximum absolute atomic E-state index is 11.9. The van der Waals surface area contributed by atoms with Gasteiger partial charge in [-0.25, -0.2) is 4.98 Å². The van der Waals surface area contributed by atoms with Gasteiger partial charge in [-0.2, -0.15) is 0 Å². The molecule has 5 nitrogen and oxygen atoms in total. The van der Waals surface area contributed by atoms with E-state index in [1.54, 1.807) is 12.4 Å². The van der Waals surface area contributed by atoms with Gasteiger partial charge in [0.2, 0.25) is 0 Å². The van der Waals surface area contributed by atoms with E-state index in [1.165, 1.54) is 11.3 Å². The van der Waals surface area contributed by atoms with Gasteiger partial charge in [0.05, 0.1) is 11.2 Å². The molecule has 6 heteroatoms. The van der Waals surface area contributed by atoms with Gasteiger partial charge in [-0.15, -0.1) is 11.3 Å². The second-order valence-electron chi connectivity index (χ2n) is 4.50. The molecule has 0 saturated heterocycles. The summed E-state index contributed by atoms with van der Waals surface area (Å²) in [6, 6.07) is 0. The first-order chi connectivity index (χ1) is 7.82. The van der Waals surface area contributed by atoms with Crippen LogP contribution in [-0.4, -0.2) is 27.5 Å². The quantitative estimate of drug-likeness (QED) is 0.842. The highest BCUT2D eigenvalue weighted by Gasteiger charge is 2.23. The molecule has 1 aromatic heterocycles. The molecule has 0 atom stereocenters. The maximum atomic E-state index is 11.9. The third-order valence-electron chi connectivity index (χ3n) is 2.37. The van der Waals surface area contributed by atoms with Crippen LogP contribution in [0.25, 0.3) is 0 Å². The minimum Gasteiger partial charge on any atom is -0.481 e. The predicted octanol–water partition coefficient (Wildman–Crippen LogP) is 1.82. The molecule has 0 aromatic carbocycles. The highest BCUT2D eigenvalue weighted by Crippen LogP contribution is 2.16. The molecule has 1 rings (SSSR count). The Kier molecular flexibility index (Phi) is 4.22. The Morgan fingerprint density at radius 2 is 2.18 bits per heavy atom. The van der Waals surface area contributed by atoms with Crippen LogP contribution < -0.4 is 5.32 Å². The Balaban J connectivity index is 2.61. The van der Waals surface area contributed by atoms with Crippen molar-refractivity contribution in [1.82, 2.24) is 10.3 Å². The predicted molar refractivity (Wildman–Crippen MR) is 65.3 cm³/mol. The van der Waals surface area contributed by atoms with Gasteiger partial charge >= 0.3 is 5.97 Å². The van der Waals surface area contributed by atoms with Gasteiger partial charge in [0.15, 0.2) is 0 Å². The molecule has 0 radical (unpaired) electrons. The van der Waals surface area contributed by atoms with Crippen LogP contribution in [0.4, 0.5) is 0 Å². The first kappa shape index (κ1) is 13.6. The number of carboxylic acid groups (broad SMARTS) is 1. The summed E-state index contributed by atoms with van der Waals surface area (Å²) >= 11 is 1.28. The number of aryl methyl sites for hydroxylation is 1. The van der Waals surface area contributed by atoms with Gasteiger partial charge in [0.1, 0.15) is 4.88 Å². The fourth-order valence-corrected chi connectivity index (χ4v) is 2.06. The number of hydrogen-bond acceptors (Lipinski definition) is 4. The van der Waals surface area contributed by atoms with Gasteiger partial charge in [-0.3, -0.25) is 9.59 Å². The van der Waals surface area contributed by atoms with E-state index in [4.69, 9.17) is 5.11 Å². The van der Waals surface area contributed by atoms with Crippen molar-refractivity contribution in [2.45, 2.75) is 39.2 Å². The summed E-state index contributed by atoms with van der Waals surface area (Å²) in [4.78, 5) is 27.0. The molecule has 0 aliphatic rings. The van der Waals surface area contributed by atoms with Gasteiger partial charge < -0.3 is 10.4 Å². The average molecular weight is 256 g/mol. The SMILES string of the molecule is Cc1ncsc1C(=O)NC(C)(C)CCC(=O)O. The Hall–Kier alpha value is -1.43. The standard InChI is InChI=1S/C11H16N2O3S/c1-7-9(17-6-12-7)10(16)13-11(2,3)5-4-8(14)15/h6H,4-5H2,1-3H3,(H,13,16)(H,14,15). The first-order valence-electron chi connectivity index (χ1n) is 5.26. The molecule has 1 heterocycles. The average Bonchev–Trinajstić information content (AvgIpc) is 2.61. The van der Waals surface area contributed by atoms with Crippen molar-refractivity contribution in [1.29, 1.82) is 0 Å². The summed E-state index contributed by atoms with van der Waals surface area (Å²) in [6.45, 7) is 5.39. The number of nitrogens with zero attached hydrogens (tertiary/aromatic N) is 1. The monoisotopic (exact) mass is 256 g/mol. The molecule has 0 aliphatic heterocycles. The van der Waals surface area contributed by atoms with Crippen LogP contribution >= 0.6 is 11.3 Å². The summed E-state index contributed by atoms with van der Waals surface area (Å²) in [5.41, 5.74) is 1.78. The Morgan fingerprint density at radius 3 is 2.65 bits per heavy atom. The van der Waals surface area contributed by atoms with Crippen LogP contribution in [0.5, 0.6) is 0 Å². The number of amides is 1. The largest absolute Gasteiger partial charge is 0.481 e. The van der Waals surface area contributed by atoms with Crippen molar-refractivity contribution >= 4 is 23.2 Å². The lowest BCUT2D eigenvalue weighted by atomic mass is 9.98. The number of carbonyl (C=O) groups excluding carboxylic acids is 1. The van der Waals surface area contributed by atoms with Crippen LogP contribution in [0.2, 0.25) is 0 Å². The van der Waals surface area contributed by atoms with E-state index < -0.39 is 11.5 Å². The van der Waals surface area contributed by atoms with Crippen LogP contribution in [0.1, 0.15) is 42.1 Å². The topological polar surface area (TPSA) is 79.3 Å². The molecule has 0 saturated carbocycles. The molecule has 0 fully saturated rings. The molecule has 2 N–H and O–H groups in total. The second-order valence-corrected chi connectivity index (χ2v) is 5.35. The molecule has 0 bridgehead atoms. The van der Waals surface area contributed by atoms with Gasteiger partial charge in [-0.05, 0) is 27.2 Å². The number of carbonyl (C=O) groups is 2. The fraction of sp³-hybridized carbons (Fsp3) is 0.545. The highest BCUT2D eigenvalue weighted by atomic mass is 32.1. The van der Waals surface area contributed by atoms with E-state index in [1.807, 2.05) is 13.8 Å². The smallest absolute Gasteiger partial charge is 0.303 e. The Labute approximate surface area is 104 Å². The van der Waals surface area contributed by atoms with E-state index in [0.29, 0.717) is 17.0 Å². The zero-order valence-corrected chi connectivity index (χ0v) is 10.9. The van der Waals surface area contributed by atoms with Crippen molar-refractivity contribution in [3.05, 3.63) is 16.1 Å². The number of thiazole rings is 1. The lowest BCUT2D eigenvalue weighted by Gasteiger charge is -2.25. The molecule has 1 aromatic rings. The van der Waals surface area contributed by atoms with Gasteiger partial charge in [0.25, 0.3) is 5.91 Å². The Bertz CT molecular complexity index is 426. The highest BCUT2D eigenvalue weighted by molar-refractivity contribution is 7.11. The van der Waals surface area contributed by atoms with E-state index in [9.17, 15) is 9.59 Å². The van der Waals surface area contributed by atoms with Crippen LogP contribution in [-0.2, 0) is 4.79 Å². The molecule has 0 unspecified atom stereocenters. The van der Waals surface area contributed by atoms with Crippen LogP contribution in [0.15, 0.2) is 5.51 Å². The lowest BCUT2D eigenvalue weighted by Crippen LogP contribution is -2.43. The number of rotatable bonds is 5. The van der Waals surface area contributed by atoms with Gasteiger partial charge in [0, 0.05) is 12.0 Å². The summed E-state index contributed by atoms with van der Waals surface area (Å²) in [7, 11) is 0. The molecule has 1 amide bonds. The molecule has 17 heavy (non-hydrogen) atoms. The summed E-state index contributed by atoms with van der Waals surface area (Å²) in [6.07, 6.45) is 0.431. The van der Waals surface area contributed by atoms with Crippen LogP contribution in [0.3, 0.4) is 0 Å². The number of hydrogen-bond donors (Lipinski definition) is 2. The second kappa shape index (κ2) is 5.27. The molecule has 94 valence electrons. The van der Waals surface area contributed by atoms with Crippen molar-refractivity contribution in [2.24, 2.45) is 0 Å². The van der Waals surface area contributed by atoms with Crippen molar-refractivity contribution in [3.63, 3.8) is 0 Å². The summed E-state index contributed by atoms with van der Waals surface area (Å²) < 4.78 is 0. The minimum atomic E-state index is -0.860. The fourth-order valence-electron chi connectivity index (χ4n) is 1.37.